The fourth-order valence-electron chi connectivity index (χ4n) is 5.24. The molecule has 3 saturated heterocycles. The van der Waals surface area contributed by atoms with Gasteiger partial charge in [0.1, 0.15) is 5.78 Å². The average Bonchev–Trinajstić information content (AvgIpc) is 3.07. The molecule has 0 N–H and O–H groups in total. The second-order valence-electron chi connectivity index (χ2n) is 8.62. The molecule has 0 aliphatic carbocycles. The Morgan fingerprint density at radius 2 is 1.73 bits per heavy atom. The number of anilines is 1. The molecule has 4 rings (SSSR count). The van der Waals surface area contributed by atoms with Gasteiger partial charge in [-0.15, -0.1) is 0 Å². The van der Waals surface area contributed by atoms with Crippen molar-refractivity contribution in [2.24, 2.45) is 5.41 Å². The Morgan fingerprint density at radius 1 is 1.08 bits per heavy atom. The number of carbonyl (C=O) groups excluding carboxylic acids is 1. The Kier molecular flexibility index (Phi) is 5.28. The van der Waals surface area contributed by atoms with Gasteiger partial charge in [-0.05, 0) is 69.7 Å². The average molecular weight is 357 g/mol. The van der Waals surface area contributed by atoms with Gasteiger partial charge in [0.15, 0.2) is 0 Å². The van der Waals surface area contributed by atoms with E-state index in [2.05, 4.69) is 31.8 Å². The number of rotatable bonds is 4. The maximum atomic E-state index is 11.3. The van der Waals surface area contributed by atoms with Crippen molar-refractivity contribution < 1.29 is 4.79 Å². The first-order valence-electron chi connectivity index (χ1n) is 10.2. The van der Waals surface area contributed by atoms with Gasteiger partial charge in [-0.1, -0.05) is 0 Å². The molecule has 4 heterocycles. The van der Waals surface area contributed by atoms with Gasteiger partial charge in [0.05, 0.1) is 6.54 Å². The maximum Gasteiger partial charge on any atom is 0.143 e. The van der Waals surface area contributed by atoms with E-state index in [9.17, 15) is 4.79 Å². The summed E-state index contributed by atoms with van der Waals surface area (Å²) in [4.78, 5) is 23.1. The Balaban J connectivity index is 1.27. The number of nitrogens with zero attached hydrogens (tertiary/aromatic N) is 4. The number of ketones is 1. The molecular weight excluding hydrogens is 324 g/mol. The van der Waals surface area contributed by atoms with Crippen molar-refractivity contribution in [1.29, 1.82) is 0 Å². The van der Waals surface area contributed by atoms with Crippen LogP contribution in [0, 0.1) is 5.41 Å². The lowest BCUT2D eigenvalue weighted by Crippen LogP contribution is -2.50. The van der Waals surface area contributed by atoms with Gasteiger partial charge in [0.25, 0.3) is 0 Å². The van der Waals surface area contributed by atoms with Crippen LogP contribution in [0.15, 0.2) is 24.5 Å². The number of pyridine rings is 1. The molecule has 142 valence electrons. The summed E-state index contributed by atoms with van der Waals surface area (Å²) in [7, 11) is 0. The molecule has 0 aromatic carbocycles. The van der Waals surface area contributed by atoms with Gasteiger partial charge in [-0.2, -0.15) is 0 Å². The summed E-state index contributed by atoms with van der Waals surface area (Å²) in [5, 5.41) is 0. The van der Waals surface area contributed by atoms with E-state index < -0.39 is 0 Å². The van der Waals surface area contributed by atoms with Gasteiger partial charge in [-0.3, -0.25) is 14.7 Å². The molecule has 1 aromatic heterocycles. The van der Waals surface area contributed by atoms with Crippen molar-refractivity contribution in [2.45, 2.75) is 45.1 Å². The third-order valence-corrected chi connectivity index (χ3v) is 6.84. The molecule has 0 bridgehead atoms. The first kappa shape index (κ1) is 17.9. The van der Waals surface area contributed by atoms with Crippen molar-refractivity contribution in [3.8, 4) is 0 Å². The van der Waals surface area contributed by atoms with Crippen LogP contribution in [0.4, 0.5) is 5.69 Å². The molecule has 0 saturated carbocycles. The first-order chi connectivity index (χ1) is 12.6. The highest BCUT2D eigenvalue weighted by atomic mass is 16.1. The molecule has 0 radical (unpaired) electrons. The maximum absolute atomic E-state index is 11.3. The summed E-state index contributed by atoms with van der Waals surface area (Å²) in [6.07, 6.45) is 10.3. The van der Waals surface area contributed by atoms with Crippen molar-refractivity contribution in [3.63, 3.8) is 0 Å². The van der Waals surface area contributed by atoms with E-state index in [1.165, 1.54) is 64.0 Å². The number of aromatic nitrogens is 1. The molecule has 26 heavy (non-hydrogen) atoms. The zero-order valence-electron chi connectivity index (χ0n) is 16.1. The van der Waals surface area contributed by atoms with Gasteiger partial charge < -0.3 is 9.80 Å². The summed E-state index contributed by atoms with van der Waals surface area (Å²) >= 11 is 0. The minimum atomic E-state index is 0.295. The van der Waals surface area contributed by atoms with E-state index in [0.29, 0.717) is 17.7 Å². The number of piperidine rings is 2. The standard InChI is InChI=1S/C21H32N4O/c1-18(26)16-23-11-4-20(5-12-23)24-13-6-21(7-14-24)8-15-25(17-21)19-2-9-22-10-3-19/h2-3,9-10,20H,4-8,11-17H2,1H3. The van der Waals surface area contributed by atoms with Gasteiger partial charge in [0, 0.05) is 50.3 Å². The first-order valence-corrected chi connectivity index (χ1v) is 10.2. The third kappa shape index (κ3) is 3.94. The van der Waals surface area contributed by atoms with Crippen LogP contribution in [0.25, 0.3) is 0 Å². The van der Waals surface area contributed by atoms with Crippen LogP contribution in [0.3, 0.4) is 0 Å². The van der Waals surface area contributed by atoms with Crippen LogP contribution >= 0.6 is 0 Å². The van der Waals surface area contributed by atoms with Crippen LogP contribution in [0.1, 0.15) is 39.0 Å². The smallest absolute Gasteiger partial charge is 0.143 e. The SMILES string of the molecule is CC(=O)CN1CCC(N2CCC3(CCN(c4ccncc4)C3)CC2)CC1. The molecule has 0 unspecified atom stereocenters. The van der Waals surface area contributed by atoms with Crippen LogP contribution in [0.2, 0.25) is 0 Å². The van der Waals surface area contributed by atoms with E-state index in [1.54, 1.807) is 6.92 Å². The summed E-state index contributed by atoms with van der Waals surface area (Å²) in [6.45, 7) is 9.41. The lowest BCUT2D eigenvalue weighted by Gasteiger charge is -2.45. The van der Waals surface area contributed by atoms with Gasteiger partial charge in [0.2, 0.25) is 0 Å². The lowest BCUT2D eigenvalue weighted by atomic mass is 9.77. The third-order valence-electron chi connectivity index (χ3n) is 6.84. The molecule has 5 heteroatoms. The number of carbonyl (C=O) groups is 1. The molecular formula is C21H32N4O. The molecule has 0 atom stereocenters. The summed E-state index contributed by atoms with van der Waals surface area (Å²) < 4.78 is 0. The second-order valence-corrected chi connectivity index (χ2v) is 8.62. The summed E-state index contributed by atoms with van der Waals surface area (Å²) in [6, 6.07) is 5.01. The molecule has 1 spiro atoms. The van der Waals surface area contributed by atoms with Crippen molar-refractivity contribution in [2.75, 3.05) is 50.7 Å². The Hall–Kier alpha value is -1.46. The number of Topliss-reactive ketones (excluding diaryl/α,β-unsaturated/α-hetero) is 1. The van der Waals surface area contributed by atoms with Crippen molar-refractivity contribution in [3.05, 3.63) is 24.5 Å². The quantitative estimate of drug-likeness (QED) is 0.829. The molecule has 3 aliphatic heterocycles. The van der Waals surface area contributed by atoms with Crippen molar-refractivity contribution >= 4 is 11.5 Å². The minimum absolute atomic E-state index is 0.295. The van der Waals surface area contributed by atoms with Gasteiger partial charge >= 0.3 is 0 Å². The second kappa shape index (κ2) is 7.65. The largest absolute Gasteiger partial charge is 0.371 e. The highest BCUT2D eigenvalue weighted by Crippen LogP contribution is 2.42. The fourth-order valence-corrected chi connectivity index (χ4v) is 5.24. The molecule has 0 amide bonds. The van der Waals surface area contributed by atoms with Gasteiger partial charge in [-0.25, -0.2) is 0 Å². The highest BCUT2D eigenvalue weighted by molar-refractivity contribution is 5.77. The Bertz CT molecular complexity index is 604. The normalized spacial score (nSPS) is 25.0. The predicted octanol–water partition coefficient (Wildman–Crippen LogP) is 2.43. The summed E-state index contributed by atoms with van der Waals surface area (Å²) in [5.74, 6) is 0.295. The molecule has 5 nitrogen and oxygen atoms in total. The van der Waals surface area contributed by atoms with E-state index in [4.69, 9.17) is 0 Å². The molecule has 3 fully saturated rings. The lowest BCUT2D eigenvalue weighted by molar-refractivity contribution is -0.118. The van der Waals surface area contributed by atoms with Crippen molar-refractivity contribution in [1.82, 2.24) is 14.8 Å². The fraction of sp³-hybridized carbons (Fsp3) is 0.714. The number of likely N-dealkylation sites (tertiary alicyclic amines) is 2. The monoisotopic (exact) mass is 356 g/mol. The summed E-state index contributed by atoms with van der Waals surface area (Å²) in [5.41, 5.74) is 1.85. The van der Waals surface area contributed by atoms with Crippen LogP contribution in [0.5, 0.6) is 0 Å². The van der Waals surface area contributed by atoms with E-state index in [0.717, 1.165) is 19.1 Å². The number of hydrogen-bond acceptors (Lipinski definition) is 5. The Labute approximate surface area is 157 Å². The zero-order valence-corrected chi connectivity index (χ0v) is 16.1. The predicted molar refractivity (Wildman–Crippen MR) is 104 cm³/mol. The van der Waals surface area contributed by atoms with Crippen LogP contribution < -0.4 is 4.90 Å². The molecule has 3 aliphatic rings. The number of hydrogen-bond donors (Lipinski definition) is 0. The zero-order chi connectivity index (χ0) is 18.0. The van der Waals surface area contributed by atoms with Crippen LogP contribution in [-0.2, 0) is 4.79 Å². The van der Waals surface area contributed by atoms with E-state index >= 15 is 0 Å². The van der Waals surface area contributed by atoms with Crippen LogP contribution in [-0.4, -0.2) is 72.4 Å². The highest BCUT2D eigenvalue weighted by Gasteiger charge is 2.41. The van der Waals surface area contributed by atoms with E-state index in [-0.39, 0.29) is 0 Å². The Morgan fingerprint density at radius 3 is 2.38 bits per heavy atom. The minimum Gasteiger partial charge on any atom is -0.371 e. The topological polar surface area (TPSA) is 39.7 Å². The molecule has 1 aromatic rings. The van der Waals surface area contributed by atoms with E-state index in [1.807, 2.05) is 12.4 Å².